The molecular formula is C26H33FN4. The summed E-state index contributed by atoms with van der Waals surface area (Å²) < 4.78 is 15.3. The molecule has 2 aromatic carbocycles. The van der Waals surface area contributed by atoms with E-state index in [4.69, 9.17) is 0 Å². The lowest BCUT2D eigenvalue weighted by Gasteiger charge is -2.34. The quantitative estimate of drug-likeness (QED) is 0.528. The van der Waals surface area contributed by atoms with Crippen LogP contribution in [0.2, 0.25) is 0 Å². The Kier molecular flexibility index (Phi) is 7.15. The fourth-order valence-electron chi connectivity index (χ4n) is 4.65. The fourth-order valence-corrected chi connectivity index (χ4v) is 4.65. The van der Waals surface area contributed by atoms with Gasteiger partial charge in [0.15, 0.2) is 0 Å². The van der Waals surface area contributed by atoms with Crippen molar-refractivity contribution >= 4 is 0 Å². The first kappa shape index (κ1) is 21.7. The molecule has 0 spiro atoms. The van der Waals surface area contributed by atoms with Crippen LogP contribution in [0.4, 0.5) is 4.39 Å². The summed E-state index contributed by atoms with van der Waals surface area (Å²) in [7, 11) is 2.20. The average molecular weight is 421 g/mol. The van der Waals surface area contributed by atoms with Crippen molar-refractivity contribution in [1.29, 1.82) is 0 Å². The molecule has 1 atom stereocenters. The largest absolute Gasteiger partial charge is 0.303 e. The van der Waals surface area contributed by atoms with E-state index in [-0.39, 0.29) is 5.82 Å². The van der Waals surface area contributed by atoms with E-state index >= 15 is 0 Å². The molecule has 4 rings (SSSR count). The second-order valence-corrected chi connectivity index (χ2v) is 8.93. The Labute approximate surface area is 185 Å². The lowest BCUT2D eigenvalue weighted by atomic mass is 9.97. The predicted molar refractivity (Wildman–Crippen MR) is 124 cm³/mol. The number of aromatic nitrogens is 2. The van der Waals surface area contributed by atoms with Crippen LogP contribution in [0.5, 0.6) is 0 Å². The molecule has 1 aliphatic rings. The third-order valence-electron chi connectivity index (χ3n) is 6.21. The second kappa shape index (κ2) is 10.2. The number of imidazole rings is 1. The lowest BCUT2D eigenvalue weighted by Crippen LogP contribution is -2.41. The van der Waals surface area contributed by atoms with Gasteiger partial charge in [-0.15, -0.1) is 0 Å². The minimum absolute atomic E-state index is 0.159. The topological polar surface area (TPSA) is 24.3 Å². The summed E-state index contributed by atoms with van der Waals surface area (Å²) in [6.45, 7) is 7.39. The number of nitrogens with zero attached hydrogens (tertiary/aromatic N) is 4. The molecule has 0 saturated carbocycles. The zero-order valence-electron chi connectivity index (χ0n) is 18.7. The Balaban J connectivity index is 1.29. The number of piperidine rings is 1. The third-order valence-corrected chi connectivity index (χ3v) is 6.21. The van der Waals surface area contributed by atoms with Crippen molar-refractivity contribution in [2.24, 2.45) is 5.92 Å². The van der Waals surface area contributed by atoms with E-state index in [0.29, 0.717) is 5.92 Å². The first-order valence-corrected chi connectivity index (χ1v) is 11.3. The molecule has 0 N–H and O–H groups in total. The molecule has 0 unspecified atom stereocenters. The summed E-state index contributed by atoms with van der Waals surface area (Å²) in [5.41, 5.74) is 3.64. The predicted octanol–water partition coefficient (Wildman–Crippen LogP) is 4.71. The molecule has 5 heteroatoms. The number of aryl methyl sites for hydroxylation is 1. The van der Waals surface area contributed by atoms with Crippen molar-refractivity contribution in [2.75, 3.05) is 33.2 Å². The zero-order chi connectivity index (χ0) is 21.6. The maximum atomic E-state index is 13.1. The minimum Gasteiger partial charge on any atom is -0.303 e. The van der Waals surface area contributed by atoms with Crippen LogP contribution >= 0.6 is 0 Å². The van der Waals surface area contributed by atoms with Crippen LogP contribution in [0.1, 0.15) is 29.8 Å². The van der Waals surface area contributed by atoms with Crippen molar-refractivity contribution in [2.45, 2.75) is 32.7 Å². The maximum absolute atomic E-state index is 13.1. The zero-order valence-corrected chi connectivity index (χ0v) is 18.7. The molecule has 164 valence electrons. The Bertz CT molecular complexity index is 966. The van der Waals surface area contributed by atoms with E-state index in [1.807, 2.05) is 18.3 Å². The molecule has 1 aromatic heterocycles. The minimum atomic E-state index is -0.159. The van der Waals surface area contributed by atoms with Crippen molar-refractivity contribution in [1.82, 2.24) is 19.4 Å². The molecule has 3 aromatic rings. The van der Waals surface area contributed by atoms with Crippen molar-refractivity contribution in [3.63, 3.8) is 0 Å². The number of hydrogen-bond donors (Lipinski definition) is 0. The van der Waals surface area contributed by atoms with Crippen molar-refractivity contribution < 1.29 is 4.39 Å². The molecular weight excluding hydrogens is 387 g/mol. The van der Waals surface area contributed by atoms with Crippen LogP contribution in [0.25, 0.3) is 5.69 Å². The van der Waals surface area contributed by atoms with Gasteiger partial charge in [0.2, 0.25) is 0 Å². The average Bonchev–Trinajstić information content (AvgIpc) is 3.21. The molecule has 4 nitrogen and oxygen atoms in total. The molecule has 2 heterocycles. The van der Waals surface area contributed by atoms with Gasteiger partial charge in [-0.3, -0.25) is 4.90 Å². The second-order valence-electron chi connectivity index (χ2n) is 8.93. The normalized spacial score (nSPS) is 17.4. The third kappa shape index (κ3) is 6.02. The van der Waals surface area contributed by atoms with E-state index < -0.39 is 0 Å². The molecule has 1 fully saturated rings. The smallest absolute Gasteiger partial charge is 0.127 e. The molecule has 1 aliphatic heterocycles. The van der Waals surface area contributed by atoms with Crippen molar-refractivity contribution in [3.05, 3.63) is 83.7 Å². The molecule has 0 bridgehead atoms. The van der Waals surface area contributed by atoms with Crippen LogP contribution in [0, 0.1) is 18.7 Å². The summed E-state index contributed by atoms with van der Waals surface area (Å²) in [4.78, 5) is 9.60. The summed E-state index contributed by atoms with van der Waals surface area (Å²) in [6.07, 6.45) is 7.46. The van der Waals surface area contributed by atoms with Crippen molar-refractivity contribution in [3.8, 4) is 5.69 Å². The Morgan fingerprint density at radius 1 is 1.16 bits per heavy atom. The number of benzene rings is 2. The highest BCUT2D eigenvalue weighted by molar-refractivity contribution is 5.36. The highest BCUT2D eigenvalue weighted by Gasteiger charge is 2.21. The summed E-state index contributed by atoms with van der Waals surface area (Å²) >= 11 is 0. The summed E-state index contributed by atoms with van der Waals surface area (Å²) in [5, 5.41) is 0. The van der Waals surface area contributed by atoms with E-state index in [1.165, 1.54) is 36.2 Å². The van der Waals surface area contributed by atoms with Gasteiger partial charge in [-0.05, 0) is 81.1 Å². The summed E-state index contributed by atoms with van der Waals surface area (Å²) in [6, 6.07) is 15.5. The van der Waals surface area contributed by atoms with Gasteiger partial charge >= 0.3 is 0 Å². The van der Waals surface area contributed by atoms with Gasteiger partial charge in [0.25, 0.3) is 0 Å². The standard InChI is InChI=1S/C26H33FN4/c1-21-5-3-7-25(17-21)31-16-13-28-26(31)20-29(2)18-23-6-4-14-30(19-23)15-12-22-8-10-24(27)11-9-22/h3,5,7-11,13,16-17,23H,4,6,12,14-15,18-20H2,1-2H3/t23-/m1/s1. The first-order valence-electron chi connectivity index (χ1n) is 11.3. The van der Waals surface area contributed by atoms with Gasteiger partial charge in [0.1, 0.15) is 11.6 Å². The molecule has 0 aliphatic carbocycles. The van der Waals surface area contributed by atoms with Gasteiger partial charge in [-0.2, -0.15) is 0 Å². The van der Waals surface area contributed by atoms with E-state index in [0.717, 1.165) is 38.4 Å². The number of likely N-dealkylation sites (tertiary alicyclic amines) is 1. The molecule has 0 radical (unpaired) electrons. The van der Waals surface area contributed by atoms with Crippen LogP contribution < -0.4 is 0 Å². The number of halogens is 1. The highest BCUT2D eigenvalue weighted by Crippen LogP contribution is 2.19. The Morgan fingerprint density at radius 3 is 2.81 bits per heavy atom. The highest BCUT2D eigenvalue weighted by atomic mass is 19.1. The number of rotatable bonds is 8. The van der Waals surface area contributed by atoms with E-state index in [2.05, 4.69) is 63.8 Å². The monoisotopic (exact) mass is 420 g/mol. The van der Waals surface area contributed by atoms with E-state index in [9.17, 15) is 4.39 Å². The Morgan fingerprint density at radius 2 is 2.00 bits per heavy atom. The molecule has 31 heavy (non-hydrogen) atoms. The van der Waals surface area contributed by atoms with E-state index in [1.54, 1.807) is 12.1 Å². The van der Waals surface area contributed by atoms with Crippen LogP contribution in [-0.4, -0.2) is 52.6 Å². The molecule has 1 saturated heterocycles. The van der Waals surface area contributed by atoms with Crippen LogP contribution in [-0.2, 0) is 13.0 Å². The van der Waals surface area contributed by atoms with Crippen LogP contribution in [0.15, 0.2) is 60.9 Å². The Hall–Kier alpha value is -2.50. The number of hydrogen-bond acceptors (Lipinski definition) is 3. The van der Waals surface area contributed by atoms with Crippen LogP contribution in [0.3, 0.4) is 0 Å². The van der Waals surface area contributed by atoms with Gasteiger partial charge in [-0.1, -0.05) is 24.3 Å². The maximum Gasteiger partial charge on any atom is 0.127 e. The van der Waals surface area contributed by atoms with Gasteiger partial charge in [0, 0.05) is 37.7 Å². The van der Waals surface area contributed by atoms with Gasteiger partial charge < -0.3 is 9.47 Å². The lowest BCUT2D eigenvalue weighted by molar-refractivity contribution is 0.141. The van der Waals surface area contributed by atoms with Gasteiger partial charge in [-0.25, -0.2) is 9.37 Å². The first-order chi connectivity index (χ1) is 15.1. The SMILES string of the molecule is Cc1cccc(-n2ccnc2CN(C)C[C@H]2CCCN(CCc3ccc(F)cc3)C2)c1. The molecule has 0 amide bonds. The summed E-state index contributed by atoms with van der Waals surface area (Å²) in [5.74, 6) is 1.60. The van der Waals surface area contributed by atoms with Gasteiger partial charge in [0.05, 0.1) is 6.54 Å². The fraction of sp³-hybridized carbons (Fsp3) is 0.423.